The zero-order valence-corrected chi connectivity index (χ0v) is 14.3. The third kappa shape index (κ3) is 4.64. The van der Waals surface area contributed by atoms with Crippen LogP contribution in [-0.4, -0.2) is 30.6 Å². The number of likely N-dealkylation sites (tertiary alicyclic amines) is 1. The molecule has 0 saturated carbocycles. The Balaban J connectivity index is 1.83. The van der Waals surface area contributed by atoms with E-state index in [1.54, 1.807) is 0 Å². The molecule has 0 aliphatic carbocycles. The number of nitrogens with zero attached hydrogens (tertiary/aromatic N) is 1. The van der Waals surface area contributed by atoms with Gasteiger partial charge in [0.2, 0.25) is 0 Å². The highest BCUT2D eigenvalue weighted by molar-refractivity contribution is 9.10. The Bertz CT molecular complexity index is 470. The lowest BCUT2D eigenvalue weighted by Gasteiger charge is -2.32. The maximum absolute atomic E-state index is 3.67. The Kier molecular flexibility index (Phi) is 5.67. The maximum Gasteiger partial charge on any atom is 0.0486 e. The van der Waals surface area contributed by atoms with Crippen molar-refractivity contribution >= 4 is 21.6 Å². The minimum atomic E-state index is 0.594. The van der Waals surface area contributed by atoms with E-state index in [1.807, 2.05) is 0 Å². The average molecular weight is 337 g/mol. The number of piperidine rings is 1. The van der Waals surface area contributed by atoms with Crippen LogP contribution < -0.4 is 5.32 Å². The summed E-state index contributed by atoms with van der Waals surface area (Å²) in [5.41, 5.74) is 3.92. The summed E-state index contributed by atoms with van der Waals surface area (Å²) in [6.07, 6.45) is 4.76. The molecule has 0 aromatic heterocycles. The molecule has 0 bridgehead atoms. The predicted molar refractivity (Wildman–Crippen MR) is 91.4 cm³/mol. The number of halogens is 1. The second-order valence-electron chi connectivity index (χ2n) is 5.98. The van der Waals surface area contributed by atoms with Gasteiger partial charge in [-0.3, -0.25) is 4.90 Å². The first kappa shape index (κ1) is 15.6. The fourth-order valence-electron chi connectivity index (χ4n) is 2.53. The van der Waals surface area contributed by atoms with E-state index in [2.05, 4.69) is 71.2 Å². The molecular formula is C17H25BrN2. The number of nitrogens with one attached hydrogen (secondary N) is 1. The SMILES string of the molecule is CC(C)=CCN1CCC(Nc2ccc(C)cc2Br)CC1. The number of benzene rings is 1. The van der Waals surface area contributed by atoms with Crippen molar-refractivity contribution in [2.45, 2.75) is 39.7 Å². The summed E-state index contributed by atoms with van der Waals surface area (Å²) >= 11 is 3.65. The number of aryl methyl sites for hydroxylation is 1. The van der Waals surface area contributed by atoms with Crippen molar-refractivity contribution in [1.29, 1.82) is 0 Å². The van der Waals surface area contributed by atoms with E-state index in [1.165, 1.54) is 47.2 Å². The molecule has 2 rings (SSSR count). The normalized spacial score (nSPS) is 17.0. The van der Waals surface area contributed by atoms with Gasteiger partial charge in [-0.1, -0.05) is 17.7 Å². The van der Waals surface area contributed by atoms with E-state index in [9.17, 15) is 0 Å². The first-order chi connectivity index (χ1) is 9.54. The van der Waals surface area contributed by atoms with Crippen LogP contribution in [0.25, 0.3) is 0 Å². The zero-order valence-electron chi connectivity index (χ0n) is 12.7. The summed E-state index contributed by atoms with van der Waals surface area (Å²) in [5, 5.41) is 3.67. The van der Waals surface area contributed by atoms with Crippen LogP contribution in [0, 0.1) is 6.92 Å². The predicted octanol–water partition coefficient (Wildman–Crippen LogP) is 4.60. The highest BCUT2D eigenvalue weighted by Gasteiger charge is 2.18. The zero-order chi connectivity index (χ0) is 14.5. The minimum absolute atomic E-state index is 0.594. The fourth-order valence-corrected chi connectivity index (χ4v) is 3.14. The van der Waals surface area contributed by atoms with E-state index in [0.717, 1.165) is 6.54 Å². The van der Waals surface area contributed by atoms with Crippen molar-refractivity contribution in [3.8, 4) is 0 Å². The number of hydrogen-bond donors (Lipinski definition) is 1. The quantitative estimate of drug-likeness (QED) is 0.808. The summed E-state index contributed by atoms with van der Waals surface area (Å²) in [5.74, 6) is 0. The van der Waals surface area contributed by atoms with Crippen LogP contribution in [0.15, 0.2) is 34.3 Å². The molecule has 3 heteroatoms. The van der Waals surface area contributed by atoms with E-state index in [-0.39, 0.29) is 0 Å². The monoisotopic (exact) mass is 336 g/mol. The van der Waals surface area contributed by atoms with Gasteiger partial charge in [-0.05, 0) is 67.2 Å². The topological polar surface area (TPSA) is 15.3 Å². The van der Waals surface area contributed by atoms with Crippen molar-refractivity contribution in [1.82, 2.24) is 4.90 Å². The molecule has 0 atom stereocenters. The van der Waals surface area contributed by atoms with Crippen LogP contribution >= 0.6 is 15.9 Å². The molecule has 0 radical (unpaired) electrons. The molecule has 110 valence electrons. The lowest BCUT2D eigenvalue weighted by Crippen LogP contribution is -2.39. The van der Waals surface area contributed by atoms with Crippen LogP contribution in [0.4, 0.5) is 5.69 Å². The van der Waals surface area contributed by atoms with Crippen molar-refractivity contribution in [2.24, 2.45) is 0 Å². The molecule has 1 saturated heterocycles. The van der Waals surface area contributed by atoms with Gasteiger partial charge in [0.25, 0.3) is 0 Å². The molecule has 1 fully saturated rings. The third-order valence-electron chi connectivity index (χ3n) is 3.83. The number of anilines is 1. The second-order valence-corrected chi connectivity index (χ2v) is 6.84. The third-order valence-corrected chi connectivity index (χ3v) is 4.49. The second kappa shape index (κ2) is 7.28. The first-order valence-electron chi connectivity index (χ1n) is 7.43. The molecule has 2 nitrogen and oxygen atoms in total. The maximum atomic E-state index is 3.67. The van der Waals surface area contributed by atoms with Crippen LogP contribution in [0.1, 0.15) is 32.3 Å². The van der Waals surface area contributed by atoms with Gasteiger partial charge in [0.15, 0.2) is 0 Å². The molecule has 1 aliphatic heterocycles. The van der Waals surface area contributed by atoms with Gasteiger partial charge in [-0.2, -0.15) is 0 Å². The summed E-state index contributed by atoms with van der Waals surface area (Å²) in [6.45, 7) is 9.93. The van der Waals surface area contributed by atoms with Crippen molar-refractivity contribution in [2.75, 3.05) is 25.0 Å². The molecule has 0 amide bonds. The van der Waals surface area contributed by atoms with Crippen molar-refractivity contribution < 1.29 is 0 Å². The molecule has 1 aliphatic rings. The first-order valence-corrected chi connectivity index (χ1v) is 8.22. The Morgan fingerprint density at radius 3 is 2.65 bits per heavy atom. The van der Waals surface area contributed by atoms with E-state index < -0.39 is 0 Å². The van der Waals surface area contributed by atoms with Crippen LogP contribution in [0.3, 0.4) is 0 Å². The molecule has 0 spiro atoms. The Hall–Kier alpha value is -0.800. The summed E-state index contributed by atoms with van der Waals surface area (Å²) < 4.78 is 1.17. The Morgan fingerprint density at radius 2 is 2.05 bits per heavy atom. The van der Waals surface area contributed by atoms with E-state index in [0.29, 0.717) is 6.04 Å². The average Bonchev–Trinajstić information content (AvgIpc) is 2.41. The van der Waals surface area contributed by atoms with Gasteiger partial charge in [0.1, 0.15) is 0 Å². The number of allylic oxidation sites excluding steroid dienone is 1. The summed E-state index contributed by atoms with van der Waals surface area (Å²) in [6, 6.07) is 7.11. The molecule has 1 aromatic carbocycles. The number of rotatable bonds is 4. The molecule has 0 unspecified atom stereocenters. The van der Waals surface area contributed by atoms with Gasteiger partial charge in [0.05, 0.1) is 0 Å². The Labute approximate surface area is 131 Å². The molecule has 1 aromatic rings. The standard InChI is InChI=1S/C17H25BrN2/c1-13(2)6-9-20-10-7-15(8-11-20)19-17-5-4-14(3)12-16(17)18/h4-6,12,15,19H,7-11H2,1-3H3. The van der Waals surface area contributed by atoms with Crippen LogP contribution in [0.5, 0.6) is 0 Å². The number of hydrogen-bond acceptors (Lipinski definition) is 2. The Morgan fingerprint density at radius 1 is 1.35 bits per heavy atom. The van der Waals surface area contributed by atoms with Gasteiger partial charge in [-0.15, -0.1) is 0 Å². The molecule has 1 heterocycles. The van der Waals surface area contributed by atoms with Crippen LogP contribution in [-0.2, 0) is 0 Å². The molecule has 1 N–H and O–H groups in total. The van der Waals surface area contributed by atoms with Gasteiger partial charge in [-0.25, -0.2) is 0 Å². The highest BCUT2D eigenvalue weighted by Crippen LogP contribution is 2.26. The smallest absolute Gasteiger partial charge is 0.0486 e. The van der Waals surface area contributed by atoms with E-state index >= 15 is 0 Å². The van der Waals surface area contributed by atoms with Gasteiger partial charge >= 0.3 is 0 Å². The van der Waals surface area contributed by atoms with Gasteiger partial charge < -0.3 is 5.32 Å². The lowest BCUT2D eigenvalue weighted by atomic mass is 10.0. The van der Waals surface area contributed by atoms with Crippen LogP contribution in [0.2, 0.25) is 0 Å². The molecular weight excluding hydrogens is 312 g/mol. The fraction of sp³-hybridized carbons (Fsp3) is 0.529. The van der Waals surface area contributed by atoms with Crippen molar-refractivity contribution in [3.05, 3.63) is 39.9 Å². The lowest BCUT2D eigenvalue weighted by molar-refractivity contribution is 0.240. The van der Waals surface area contributed by atoms with Gasteiger partial charge in [0, 0.05) is 35.8 Å². The van der Waals surface area contributed by atoms with Crippen molar-refractivity contribution in [3.63, 3.8) is 0 Å². The highest BCUT2D eigenvalue weighted by atomic mass is 79.9. The minimum Gasteiger partial charge on any atom is -0.381 e. The summed E-state index contributed by atoms with van der Waals surface area (Å²) in [7, 11) is 0. The largest absolute Gasteiger partial charge is 0.381 e. The van der Waals surface area contributed by atoms with E-state index in [4.69, 9.17) is 0 Å². The summed E-state index contributed by atoms with van der Waals surface area (Å²) in [4.78, 5) is 2.54. The molecule has 20 heavy (non-hydrogen) atoms.